The van der Waals surface area contributed by atoms with Gasteiger partial charge in [0.15, 0.2) is 5.96 Å². The maximum atomic E-state index is 5.03. The molecule has 0 aliphatic carbocycles. The van der Waals surface area contributed by atoms with Gasteiger partial charge in [0.05, 0.1) is 13.2 Å². The van der Waals surface area contributed by atoms with Gasteiger partial charge in [0.1, 0.15) is 0 Å². The van der Waals surface area contributed by atoms with Crippen molar-refractivity contribution in [1.82, 2.24) is 10.2 Å². The highest BCUT2D eigenvalue weighted by atomic mass is 127. The van der Waals surface area contributed by atoms with Crippen LogP contribution in [0.15, 0.2) is 29.3 Å². The molecule has 0 aromatic heterocycles. The summed E-state index contributed by atoms with van der Waals surface area (Å²) in [5.41, 5.74) is 2.63. The van der Waals surface area contributed by atoms with Crippen molar-refractivity contribution < 1.29 is 4.74 Å². The molecule has 0 heterocycles. The summed E-state index contributed by atoms with van der Waals surface area (Å²) in [6.45, 7) is 7.26. The summed E-state index contributed by atoms with van der Waals surface area (Å²) in [6, 6.07) is 8.44. The van der Waals surface area contributed by atoms with Crippen LogP contribution in [0.3, 0.4) is 0 Å². The number of guanidine groups is 1. The fourth-order valence-corrected chi connectivity index (χ4v) is 1.83. The molecule has 0 spiro atoms. The fourth-order valence-electron chi connectivity index (χ4n) is 1.83. The molecule has 1 aromatic rings. The lowest BCUT2D eigenvalue weighted by Crippen LogP contribution is -2.38. The number of methoxy groups -OCH3 is 1. The highest BCUT2D eigenvalue weighted by molar-refractivity contribution is 14.0. The van der Waals surface area contributed by atoms with Crippen LogP contribution in [0.4, 0.5) is 0 Å². The lowest BCUT2D eigenvalue weighted by Gasteiger charge is -2.23. The summed E-state index contributed by atoms with van der Waals surface area (Å²) < 4.78 is 5.03. The average Bonchev–Trinajstić information content (AvgIpc) is 2.40. The third-order valence-electron chi connectivity index (χ3n) is 2.92. The highest BCUT2D eigenvalue weighted by Crippen LogP contribution is 2.09. The van der Waals surface area contributed by atoms with E-state index in [1.54, 1.807) is 7.11 Å². The Hall–Kier alpha value is -0.820. The summed E-state index contributed by atoms with van der Waals surface area (Å²) in [4.78, 5) is 6.68. The largest absolute Gasteiger partial charge is 0.383 e. The minimum atomic E-state index is 0. The zero-order chi connectivity index (χ0) is 14.1. The Morgan fingerprint density at radius 3 is 2.65 bits per heavy atom. The lowest BCUT2D eigenvalue weighted by molar-refractivity contribution is 0.207. The number of halogens is 1. The zero-order valence-corrected chi connectivity index (χ0v) is 15.2. The smallest absolute Gasteiger partial charge is 0.194 e. The summed E-state index contributed by atoms with van der Waals surface area (Å²) in [6.07, 6.45) is 0. The Morgan fingerprint density at radius 2 is 2.05 bits per heavy atom. The van der Waals surface area contributed by atoms with Gasteiger partial charge in [-0.2, -0.15) is 0 Å². The van der Waals surface area contributed by atoms with Crippen molar-refractivity contribution >= 4 is 29.9 Å². The molecule has 1 rings (SSSR count). The van der Waals surface area contributed by atoms with Gasteiger partial charge in [0.2, 0.25) is 0 Å². The third-order valence-corrected chi connectivity index (χ3v) is 2.92. The van der Waals surface area contributed by atoms with Crippen LogP contribution in [0, 0.1) is 6.92 Å². The molecule has 4 nitrogen and oxygen atoms in total. The van der Waals surface area contributed by atoms with Crippen LogP contribution in [-0.4, -0.2) is 44.7 Å². The van der Waals surface area contributed by atoms with E-state index in [2.05, 4.69) is 60.4 Å². The number of rotatable bonds is 6. The van der Waals surface area contributed by atoms with Gasteiger partial charge >= 0.3 is 0 Å². The Balaban J connectivity index is 0.00000361. The van der Waals surface area contributed by atoms with E-state index in [0.717, 1.165) is 19.0 Å². The number of benzene rings is 1. The molecule has 0 unspecified atom stereocenters. The van der Waals surface area contributed by atoms with Crippen LogP contribution in [0.1, 0.15) is 18.1 Å². The van der Waals surface area contributed by atoms with Crippen molar-refractivity contribution in [2.45, 2.75) is 20.4 Å². The number of ether oxygens (including phenoxy) is 1. The minimum absolute atomic E-state index is 0. The normalized spacial score (nSPS) is 10.9. The predicted octanol–water partition coefficient (Wildman–Crippen LogP) is 2.66. The molecule has 0 saturated heterocycles. The molecule has 0 fully saturated rings. The van der Waals surface area contributed by atoms with E-state index >= 15 is 0 Å². The van der Waals surface area contributed by atoms with Crippen LogP contribution < -0.4 is 5.32 Å². The van der Waals surface area contributed by atoms with Crippen LogP contribution in [0.5, 0.6) is 0 Å². The topological polar surface area (TPSA) is 36.9 Å². The van der Waals surface area contributed by atoms with Crippen molar-refractivity contribution in [3.8, 4) is 0 Å². The first-order valence-electron chi connectivity index (χ1n) is 6.72. The molecule has 114 valence electrons. The first-order chi connectivity index (χ1) is 9.19. The van der Waals surface area contributed by atoms with Gasteiger partial charge in [-0.3, -0.25) is 4.99 Å². The Kier molecular flexibility index (Phi) is 10.5. The van der Waals surface area contributed by atoms with Crippen LogP contribution >= 0.6 is 24.0 Å². The summed E-state index contributed by atoms with van der Waals surface area (Å²) in [5, 5.41) is 3.30. The number of aliphatic imine (C=N–C) groups is 1. The molecule has 0 aliphatic heterocycles. The molecule has 0 aliphatic rings. The molecule has 5 heteroatoms. The molecule has 0 saturated carbocycles. The van der Waals surface area contributed by atoms with Crippen molar-refractivity contribution in [1.29, 1.82) is 0 Å². The molecular formula is C15H26IN3O. The van der Waals surface area contributed by atoms with Crippen molar-refractivity contribution in [3.63, 3.8) is 0 Å². The standard InChI is InChI=1S/C15H25N3O.HI/c1-5-16-15(17-10-11-19-4)18(3)12-14-9-7-6-8-13(14)2;/h6-9H,5,10-12H2,1-4H3,(H,16,17);1H. The van der Waals surface area contributed by atoms with E-state index in [1.165, 1.54) is 11.1 Å². The van der Waals surface area contributed by atoms with E-state index in [1.807, 2.05) is 0 Å². The molecule has 20 heavy (non-hydrogen) atoms. The van der Waals surface area contributed by atoms with Gasteiger partial charge in [-0.1, -0.05) is 24.3 Å². The molecule has 0 amide bonds. The predicted molar refractivity (Wildman–Crippen MR) is 95.9 cm³/mol. The second-order valence-corrected chi connectivity index (χ2v) is 4.51. The van der Waals surface area contributed by atoms with Crippen molar-refractivity contribution in [3.05, 3.63) is 35.4 Å². The number of nitrogens with zero attached hydrogens (tertiary/aromatic N) is 2. The molecule has 1 aromatic carbocycles. The van der Waals surface area contributed by atoms with Gasteiger partial charge in [0.25, 0.3) is 0 Å². The van der Waals surface area contributed by atoms with E-state index in [0.29, 0.717) is 13.2 Å². The number of aryl methyl sites for hydroxylation is 1. The van der Waals surface area contributed by atoms with Gasteiger partial charge in [-0.05, 0) is 25.0 Å². The number of hydrogen-bond acceptors (Lipinski definition) is 2. The van der Waals surface area contributed by atoms with E-state index in [4.69, 9.17) is 4.74 Å². The Labute approximate surface area is 139 Å². The van der Waals surface area contributed by atoms with Crippen LogP contribution in [0.2, 0.25) is 0 Å². The van der Waals surface area contributed by atoms with Crippen LogP contribution in [0.25, 0.3) is 0 Å². The minimum Gasteiger partial charge on any atom is -0.383 e. The first kappa shape index (κ1) is 19.2. The Bertz CT molecular complexity index is 410. The molecule has 1 N–H and O–H groups in total. The zero-order valence-electron chi connectivity index (χ0n) is 12.8. The third kappa shape index (κ3) is 6.56. The van der Waals surface area contributed by atoms with Gasteiger partial charge in [-0.15, -0.1) is 24.0 Å². The molecule has 0 bridgehead atoms. The maximum Gasteiger partial charge on any atom is 0.194 e. The summed E-state index contributed by atoms with van der Waals surface area (Å²) in [5.74, 6) is 0.919. The first-order valence-corrected chi connectivity index (χ1v) is 6.72. The second-order valence-electron chi connectivity index (χ2n) is 4.51. The summed E-state index contributed by atoms with van der Waals surface area (Å²) in [7, 11) is 3.75. The number of nitrogens with one attached hydrogen (secondary N) is 1. The SMILES string of the molecule is CCNC(=NCCOC)N(C)Cc1ccccc1C.I. The maximum absolute atomic E-state index is 5.03. The second kappa shape index (κ2) is 10.9. The Morgan fingerprint density at radius 1 is 1.35 bits per heavy atom. The quantitative estimate of drug-likeness (QED) is 0.351. The average molecular weight is 391 g/mol. The van der Waals surface area contributed by atoms with E-state index in [-0.39, 0.29) is 24.0 Å². The molecular weight excluding hydrogens is 365 g/mol. The molecule has 0 radical (unpaired) electrons. The van der Waals surface area contributed by atoms with E-state index < -0.39 is 0 Å². The van der Waals surface area contributed by atoms with E-state index in [9.17, 15) is 0 Å². The van der Waals surface area contributed by atoms with Gasteiger partial charge in [0, 0.05) is 27.2 Å². The highest BCUT2D eigenvalue weighted by Gasteiger charge is 2.07. The van der Waals surface area contributed by atoms with Crippen molar-refractivity contribution in [2.75, 3.05) is 33.9 Å². The monoisotopic (exact) mass is 391 g/mol. The molecule has 0 atom stereocenters. The fraction of sp³-hybridized carbons (Fsp3) is 0.533. The van der Waals surface area contributed by atoms with Gasteiger partial charge < -0.3 is 15.0 Å². The summed E-state index contributed by atoms with van der Waals surface area (Å²) >= 11 is 0. The lowest BCUT2D eigenvalue weighted by atomic mass is 10.1. The van der Waals surface area contributed by atoms with Gasteiger partial charge in [-0.25, -0.2) is 0 Å². The van der Waals surface area contributed by atoms with Crippen molar-refractivity contribution in [2.24, 2.45) is 4.99 Å². The number of hydrogen-bond donors (Lipinski definition) is 1. The van der Waals surface area contributed by atoms with Crippen LogP contribution in [-0.2, 0) is 11.3 Å².